The van der Waals surface area contributed by atoms with Gasteiger partial charge in [-0.3, -0.25) is 4.79 Å². The van der Waals surface area contributed by atoms with Gasteiger partial charge in [0, 0.05) is 30.8 Å². The van der Waals surface area contributed by atoms with E-state index in [1.807, 2.05) is 12.1 Å². The Kier molecular flexibility index (Phi) is 3.21. The third-order valence-corrected chi connectivity index (χ3v) is 3.72. The molecule has 0 radical (unpaired) electrons. The summed E-state index contributed by atoms with van der Waals surface area (Å²) in [5, 5.41) is 4.98. The van der Waals surface area contributed by atoms with Gasteiger partial charge in [0.05, 0.1) is 12.3 Å². The number of nitrogens with zero attached hydrogens (tertiary/aromatic N) is 1. The molecule has 1 aliphatic heterocycles. The van der Waals surface area contributed by atoms with Gasteiger partial charge in [-0.15, -0.1) is 0 Å². The highest BCUT2D eigenvalue weighted by Gasteiger charge is 2.31. The zero-order valence-electron chi connectivity index (χ0n) is 9.30. The monoisotopic (exact) mass is 257 g/mol. The van der Waals surface area contributed by atoms with Crippen LogP contribution in [0.5, 0.6) is 0 Å². The minimum atomic E-state index is -3.50. The lowest BCUT2D eigenvalue weighted by atomic mass is 10.1. The first kappa shape index (κ1) is 12.1. The molecule has 0 bridgehead atoms. The Morgan fingerprint density at radius 2 is 2.29 bits per heavy atom. The summed E-state index contributed by atoms with van der Waals surface area (Å²) < 4.78 is 21.9. The van der Waals surface area contributed by atoms with Crippen LogP contribution in [-0.4, -0.2) is 36.5 Å². The molecule has 0 aromatic carbocycles. The van der Waals surface area contributed by atoms with E-state index in [2.05, 4.69) is 4.98 Å². The maximum absolute atomic E-state index is 11.7. The first-order valence-electron chi connectivity index (χ1n) is 5.34. The third-order valence-electron chi connectivity index (χ3n) is 2.79. The van der Waals surface area contributed by atoms with Crippen molar-refractivity contribution in [3.8, 4) is 0 Å². The van der Waals surface area contributed by atoms with E-state index in [0.717, 1.165) is 5.69 Å². The van der Waals surface area contributed by atoms with Crippen molar-refractivity contribution in [1.29, 1.82) is 0 Å². The number of primary sulfonamides is 1. The second-order valence-electron chi connectivity index (χ2n) is 4.37. The van der Waals surface area contributed by atoms with E-state index in [0.29, 0.717) is 13.1 Å². The molecule has 1 amide bonds. The molecule has 1 aliphatic rings. The Morgan fingerprint density at radius 1 is 1.53 bits per heavy atom. The van der Waals surface area contributed by atoms with Gasteiger partial charge in [-0.2, -0.15) is 0 Å². The standard InChI is InChI=1S/C10H15N3O3S/c11-17(15,16)7-8-4-10(14)13(5-8)6-9-2-1-3-12-9/h1-3,8,12H,4-7H2,(H2,11,15,16). The van der Waals surface area contributed by atoms with Crippen molar-refractivity contribution in [3.63, 3.8) is 0 Å². The van der Waals surface area contributed by atoms with Crippen LogP contribution in [0.15, 0.2) is 18.3 Å². The molecular weight excluding hydrogens is 242 g/mol. The number of hydrogen-bond acceptors (Lipinski definition) is 3. The predicted molar refractivity (Wildman–Crippen MR) is 62.3 cm³/mol. The SMILES string of the molecule is NS(=O)(=O)CC1CC(=O)N(Cc2ccc[nH]2)C1. The fourth-order valence-corrected chi connectivity index (χ4v) is 3.00. The van der Waals surface area contributed by atoms with Gasteiger partial charge in [0.1, 0.15) is 0 Å². The van der Waals surface area contributed by atoms with Gasteiger partial charge in [0.15, 0.2) is 0 Å². The van der Waals surface area contributed by atoms with Crippen LogP contribution >= 0.6 is 0 Å². The molecule has 1 fully saturated rings. The van der Waals surface area contributed by atoms with Crippen molar-refractivity contribution >= 4 is 15.9 Å². The second-order valence-corrected chi connectivity index (χ2v) is 6.03. The topological polar surface area (TPSA) is 96.3 Å². The van der Waals surface area contributed by atoms with Crippen molar-refractivity contribution in [1.82, 2.24) is 9.88 Å². The molecule has 0 aliphatic carbocycles. The Bertz CT molecular complexity index is 495. The van der Waals surface area contributed by atoms with Gasteiger partial charge in [-0.25, -0.2) is 13.6 Å². The minimum Gasteiger partial charge on any atom is -0.364 e. The number of carbonyl (C=O) groups excluding carboxylic acids is 1. The fraction of sp³-hybridized carbons (Fsp3) is 0.500. The summed E-state index contributed by atoms with van der Waals surface area (Å²) in [6.07, 6.45) is 2.05. The number of sulfonamides is 1. The summed E-state index contributed by atoms with van der Waals surface area (Å²) >= 11 is 0. The van der Waals surface area contributed by atoms with Gasteiger partial charge in [0.25, 0.3) is 0 Å². The van der Waals surface area contributed by atoms with Crippen LogP contribution in [0.25, 0.3) is 0 Å². The molecule has 6 nitrogen and oxygen atoms in total. The number of H-pyrrole nitrogens is 1. The van der Waals surface area contributed by atoms with Gasteiger partial charge in [-0.05, 0) is 12.1 Å². The quantitative estimate of drug-likeness (QED) is 0.771. The fourth-order valence-electron chi connectivity index (χ4n) is 2.12. The number of hydrogen-bond donors (Lipinski definition) is 2. The van der Waals surface area contributed by atoms with Crippen molar-refractivity contribution in [2.75, 3.05) is 12.3 Å². The van der Waals surface area contributed by atoms with E-state index in [9.17, 15) is 13.2 Å². The summed E-state index contributed by atoms with van der Waals surface area (Å²) in [5.74, 6) is -0.333. The molecule has 1 unspecified atom stereocenters. The van der Waals surface area contributed by atoms with Crippen LogP contribution in [-0.2, 0) is 21.4 Å². The maximum Gasteiger partial charge on any atom is 0.223 e. The number of aromatic nitrogens is 1. The normalized spacial score (nSPS) is 21.1. The number of carbonyl (C=O) groups is 1. The van der Waals surface area contributed by atoms with E-state index in [4.69, 9.17) is 5.14 Å². The van der Waals surface area contributed by atoms with E-state index < -0.39 is 10.0 Å². The lowest BCUT2D eigenvalue weighted by Crippen LogP contribution is -2.27. The zero-order chi connectivity index (χ0) is 12.5. The number of rotatable bonds is 4. The van der Waals surface area contributed by atoms with Crippen molar-refractivity contribution in [3.05, 3.63) is 24.0 Å². The average Bonchev–Trinajstić information content (AvgIpc) is 2.75. The summed E-state index contributed by atoms with van der Waals surface area (Å²) in [6, 6.07) is 3.75. The summed E-state index contributed by atoms with van der Waals surface area (Å²) in [7, 11) is -3.50. The molecule has 2 heterocycles. The third kappa shape index (κ3) is 3.31. The number of nitrogens with one attached hydrogen (secondary N) is 1. The minimum absolute atomic E-state index is 0.0201. The molecule has 7 heteroatoms. The first-order valence-corrected chi connectivity index (χ1v) is 7.06. The highest BCUT2D eigenvalue weighted by Crippen LogP contribution is 2.20. The molecule has 1 atom stereocenters. The smallest absolute Gasteiger partial charge is 0.223 e. The Balaban J connectivity index is 1.96. The predicted octanol–water partition coefficient (Wildman–Crippen LogP) is -0.348. The van der Waals surface area contributed by atoms with Crippen LogP contribution in [0, 0.1) is 5.92 Å². The Morgan fingerprint density at radius 3 is 2.88 bits per heavy atom. The Labute approximate surface area is 99.8 Å². The summed E-state index contributed by atoms with van der Waals surface area (Å²) in [6.45, 7) is 0.946. The van der Waals surface area contributed by atoms with Crippen molar-refractivity contribution < 1.29 is 13.2 Å². The zero-order valence-corrected chi connectivity index (χ0v) is 10.1. The molecule has 1 saturated heterocycles. The second kappa shape index (κ2) is 4.50. The van der Waals surface area contributed by atoms with E-state index in [-0.39, 0.29) is 24.0 Å². The van der Waals surface area contributed by atoms with Crippen LogP contribution in [0.4, 0.5) is 0 Å². The molecule has 2 rings (SSSR count). The lowest BCUT2D eigenvalue weighted by molar-refractivity contribution is -0.128. The lowest BCUT2D eigenvalue weighted by Gasteiger charge is -2.15. The van der Waals surface area contributed by atoms with Crippen molar-refractivity contribution in [2.45, 2.75) is 13.0 Å². The summed E-state index contributed by atoms with van der Waals surface area (Å²) in [5.41, 5.74) is 0.939. The van der Waals surface area contributed by atoms with Crippen LogP contribution in [0.3, 0.4) is 0 Å². The van der Waals surface area contributed by atoms with Crippen LogP contribution < -0.4 is 5.14 Å². The van der Waals surface area contributed by atoms with Crippen molar-refractivity contribution in [2.24, 2.45) is 11.1 Å². The van der Waals surface area contributed by atoms with E-state index in [1.54, 1.807) is 11.1 Å². The van der Waals surface area contributed by atoms with Gasteiger partial charge >= 0.3 is 0 Å². The maximum atomic E-state index is 11.7. The molecule has 3 N–H and O–H groups in total. The molecule has 94 valence electrons. The van der Waals surface area contributed by atoms with Gasteiger partial charge < -0.3 is 9.88 Å². The number of nitrogens with two attached hydrogens (primary N) is 1. The first-order chi connectivity index (χ1) is 7.94. The van der Waals surface area contributed by atoms with Crippen LogP contribution in [0.2, 0.25) is 0 Å². The molecular formula is C10H15N3O3S. The molecule has 0 spiro atoms. The number of likely N-dealkylation sites (tertiary alicyclic amines) is 1. The van der Waals surface area contributed by atoms with Crippen LogP contribution in [0.1, 0.15) is 12.1 Å². The highest BCUT2D eigenvalue weighted by molar-refractivity contribution is 7.89. The number of amides is 1. The highest BCUT2D eigenvalue weighted by atomic mass is 32.2. The van der Waals surface area contributed by atoms with E-state index >= 15 is 0 Å². The molecule has 17 heavy (non-hydrogen) atoms. The average molecular weight is 257 g/mol. The molecule has 0 saturated carbocycles. The largest absolute Gasteiger partial charge is 0.364 e. The van der Waals surface area contributed by atoms with Gasteiger partial charge in [0.2, 0.25) is 15.9 Å². The van der Waals surface area contributed by atoms with Gasteiger partial charge in [-0.1, -0.05) is 0 Å². The molecule has 1 aromatic rings. The molecule has 1 aromatic heterocycles. The summed E-state index contributed by atoms with van der Waals surface area (Å²) in [4.78, 5) is 16.3. The number of aromatic amines is 1. The van der Waals surface area contributed by atoms with E-state index in [1.165, 1.54) is 0 Å². The Hall–Kier alpha value is -1.34.